The maximum absolute atomic E-state index is 13.3. The number of nitro groups is 1. The summed E-state index contributed by atoms with van der Waals surface area (Å²) in [6.07, 6.45) is 0. The molecule has 4 nitrogen and oxygen atoms in total. The van der Waals surface area contributed by atoms with Crippen molar-refractivity contribution in [1.82, 2.24) is 4.98 Å². The molecular weight excluding hydrogens is 238 g/mol. The molecule has 0 aliphatic rings. The number of nitro benzene ring substituents is 1. The Morgan fingerprint density at radius 2 is 2.12 bits per heavy atom. The molecule has 1 heterocycles. The first kappa shape index (κ1) is 10.6. The molecule has 1 aromatic heterocycles. The highest BCUT2D eigenvalue weighted by atomic mass is 32.1. The van der Waals surface area contributed by atoms with Gasteiger partial charge in [-0.25, -0.2) is 9.37 Å². The predicted molar refractivity (Wildman–Crippen MR) is 53.0 cm³/mol. The molecule has 81 valence electrons. The number of nitrogens with zero attached hydrogens (tertiary/aromatic N) is 2. The summed E-state index contributed by atoms with van der Waals surface area (Å²) >= 11 is 1.10. The van der Waals surface area contributed by atoms with E-state index < -0.39 is 22.2 Å². The van der Waals surface area contributed by atoms with E-state index in [9.17, 15) is 18.9 Å². The molecule has 0 amide bonds. The Bertz CT molecular complexity index is 543. The van der Waals surface area contributed by atoms with E-state index in [0.29, 0.717) is 6.07 Å². The second-order valence-electron chi connectivity index (χ2n) is 2.86. The van der Waals surface area contributed by atoms with E-state index >= 15 is 0 Å². The van der Waals surface area contributed by atoms with E-state index in [1.54, 1.807) is 0 Å². The molecule has 7 heteroatoms. The summed E-state index contributed by atoms with van der Waals surface area (Å²) in [7, 11) is 0. The molecule has 0 spiro atoms. The monoisotopic (exact) mass is 241 g/mol. The van der Waals surface area contributed by atoms with Gasteiger partial charge in [0.1, 0.15) is 5.82 Å². The van der Waals surface area contributed by atoms with Crippen LogP contribution in [0.5, 0.6) is 0 Å². The summed E-state index contributed by atoms with van der Waals surface area (Å²) in [4.78, 5) is 13.2. The minimum absolute atomic E-state index is 0.106. The summed E-state index contributed by atoms with van der Waals surface area (Å²) in [5.41, 5.74) is 1.80. The fraction of sp³-hybridized carbons (Fsp3) is 0. The van der Waals surface area contributed by atoms with Crippen LogP contribution >= 0.6 is 11.3 Å². The molecule has 2 rings (SSSR count). The van der Waals surface area contributed by atoms with Crippen LogP contribution in [0.25, 0.3) is 11.3 Å². The molecule has 0 aliphatic heterocycles. The van der Waals surface area contributed by atoms with Crippen LogP contribution in [0.15, 0.2) is 17.5 Å². The number of rotatable bonds is 2. The summed E-state index contributed by atoms with van der Waals surface area (Å²) in [6, 6.07) is 1.31. The lowest BCUT2D eigenvalue weighted by Crippen LogP contribution is -1.95. The molecule has 0 unspecified atom stereocenters. The van der Waals surface area contributed by atoms with Gasteiger partial charge in [-0.05, 0) is 0 Å². The lowest BCUT2D eigenvalue weighted by Gasteiger charge is -2.00. The number of hydrogen-bond acceptors (Lipinski definition) is 4. The van der Waals surface area contributed by atoms with E-state index in [0.717, 1.165) is 17.4 Å². The molecule has 0 aliphatic carbocycles. The maximum Gasteiger partial charge on any atom is 0.305 e. The smallest absolute Gasteiger partial charge is 0.258 e. The zero-order valence-corrected chi connectivity index (χ0v) is 8.42. The van der Waals surface area contributed by atoms with Crippen LogP contribution in [0, 0.1) is 27.3 Å². The highest BCUT2D eigenvalue weighted by molar-refractivity contribution is 7.07. The van der Waals surface area contributed by atoms with Crippen molar-refractivity contribution in [2.75, 3.05) is 0 Å². The van der Waals surface area contributed by atoms with Gasteiger partial charge in [0, 0.05) is 23.1 Å². The van der Waals surface area contributed by atoms with Crippen LogP contribution in [-0.2, 0) is 0 Å². The van der Waals surface area contributed by atoms with Gasteiger partial charge in [-0.3, -0.25) is 10.1 Å². The third-order valence-electron chi connectivity index (χ3n) is 1.90. The first-order valence-corrected chi connectivity index (χ1v) is 4.93. The summed E-state index contributed by atoms with van der Waals surface area (Å²) in [5.74, 6) is -2.09. The van der Waals surface area contributed by atoms with Crippen molar-refractivity contribution in [3.05, 3.63) is 44.8 Å². The second kappa shape index (κ2) is 3.93. The van der Waals surface area contributed by atoms with Gasteiger partial charge in [0.05, 0.1) is 10.6 Å². The van der Waals surface area contributed by atoms with Gasteiger partial charge in [0.25, 0.3) is 0 Å². The highest BCUT2D eigenvalue weighted by Crippen LogP contribution is 2.28. The zero-order chi connectivity index (χ0) is 11.7. The van der Waals surface area contributed by atoms with Gasteiger partial charge < -0.3 is 0 Å². The average Bonchev–Trinajstić information content (AvgIpc) is 2.70. The largest absolute Gasteiger partial charge is 0.305 e. The highest BCUT2D eigenvalue weighted by Gasteiger charge is 2.19. The molecule has 16 heavy (non-hydrogen) atoms. The van der Waals surface area contributed by atoms with E-state index in [4.69, 9.17) is 0 Å². The van der Waals surface area contributed by atoms with Crippen molar-refractivity contribution >= 4 is 17.0 Å². The Morgan fingerprint density at radius 1 is 1.38 bits per heavy atom. The zero-order valence-electron chi connectivity index (χ0n) is 7.61. The van der Waals surface area contributed by atoms with E-state index in [1.165, 1.54) is 5.38 Å². The number of halogens is 2. The average molecular weight is 241 g/mol. The summed E-state index contributed by atoms with van der Waals surface area (Å²) < 4.78 is 26.4. The van der Waals surface area contributed by atoms with Crippen LogP contribution in [0.2, 0.25) is 0 Å². The van der Waals surface area contributed by atoms with Gasteiger partial charge in [0.15, 0.2) is 5.51 Å². The van der Waals surface area contributed by atoms with Gasteiger partial charge in [-0.15, -0.1) is 11.3 Å². The third-order valence-corrected chi connectivity index (χ3v) is 2.44. The quantitative estimate of drug-likeness (QED) is 0.600. The van der Waals surface area contributed by atoms with Crippen molar-refractivity contribution in [2.24, 2.45) is 0 Å². The normalized spacial score (nSPS) is 10.4. The molecule has 1 radical (unpaired) electrons. The van der Waals surface area contributed by atoms with Crippen LogP contribution in [0.1, 0.15) is 0 Å². The Hall–Kier alpha value is -1.89. The van der Waals surface area contributed by atoms with E-state index in [1.807, 2.05) is 0 Å². The lowest BCUT2D eigenvalue weighted by atomic mass is 10.1. The third kappa shape index (κ3) is 1.76. The number of benzene rings is 1. The van der Waals surface area contributed by atoms with Crippen LogP contribution in [-0.4, -0.2) is 9.91 Å². The molecular formula is C9H3F2N2O2S. The van der Waals surface area contributed by atoms with Gasteiger partial charge >= 0.3 is 5.69 Å². The first-order chi connectivity index (χ1) is 7.59. The van der Waals surface area contributed by atoms with Gasteiger partial charge in [-0.2, -0.15) is 4.39 Å². The number of hydrogen-bond donors (Lipinski definition) is 0. The molecule has 0 fully saturated rings. The Morgan fingerprint density at radius 3 is 2.69 bits per heavy atom. The number of thiazole rings is 1. The van der Waals surface area contributed by atoms with Crippen molar-refractivity contribution in [3.8, 4) is 11.3 Å². The van der Waals surface area contributed by atoms with Crippen LogP contribution in [0.4, 0.5) is 14.5 Å². The minimum atomic E-state index is -1.20. The van der Waals surface area contributed by atoms with E-state index in [-0.39, 0.29) is 11.3 Å². The molecule has 2 aromatic rings. The second-order valence-corrected chi connectivity index (χ2v) is 3.52. The Balaban J connectivity index is 2.63. The van der Waals surface area contributed by atoms with Crippen LogP contribution in [0.3, 0.4) is 0 Å². The fourth-order valence-electron chi connectivity index (χ4n) is 1.18. The lowest BCUT2D eigenvalue weighted by molar-refractivity contribution is -0.387. The van der Waals surface area contributed by atoms with E-state index in [2.05, 4.69) is 10.5 Å². The Labute approximate surface area is 92.3 Å². The summed E-state index contributed by atoms with van der Waals surface area (Å²) in [5, 5.41) is 11.9. The van der Waals surface area contributed by atoms with Crippen molar-refractivity contribution in [3.63, 3.8) is 0 Å². The summed E-state index contributed by atoms with van der Waals surface area (Å²) in [6.45, 7) is 0. The van der Waals surface area contributed by atoms with Gasteiger partial charge in [0.2, 0.25) is 5.82 Å². The molecule has 0 bridgehead atoms. The molecule has 0 atom stereocenters. The predicted octanol–water partition coefficient (Wildman–Crippen LogP) is 2.80. The minimum Gasteiger partial charge on any atom is -0.258 e. The molecule has 1 aromatic carbocycles. The van der Waals surface area contributed by atoms with Crippen molar-refractivity contribution in [1.29, 1.82) is 0 Å². The molecule has 0 N–H and O–H groups in total. The van der Waals surface area contributed by atoms with Gasteiger partial charge in [-0.1, -0.05) is 0 Å². The maximum atomic E-state index is 13.3. The Kier molecular flexibility index (Phi) is 2.61. The molecule has 0 saturated carbocycles. The van der Waals surface area contributed by atoms with Crippen molar-refractivity contribution in [2.45, 2.75) is 0 Å². The topological polar surface area (TPSA) is 56.0 Å². The first-order valence-electron chi connectivity index (χ1n) is 4.05. The fourth-order valence-corrected chi connectivity index (χ4v) is 1.68. The SMILES string of the molecule is O=[N+]([O-])c1cc(-c2cs[c]n2)c(F)cc1F. The standard InChI is InChI=1S/C9H3F2N2O2S/c10-6-2-7(11)9(13(14)15)1-5(6)8-3-16-4-12-8/h1-3H. The number of aromatic nitrogens is 1. The van der Waals surface area contributed by atoms with Crippen molar-refractivity contribution < 1.29 is 13.7 Å². The van der Waals surface area contributed by atoms with Crippen LogP contribution < -0.4 is 0 Å². The molecule has 0 saturated heterocycles.